The molecule has 9 rings (SSSR count). The van der Waals surface area contributed by atoms with Gasteiger partial charge in [-0.25, -0.2) is 0 Å². The molecular weight excluding hydrogens is 1830 g/mol. The van der Waals surface area contributed by atoms with E-state index in [0.717, 1.165) is 27.6 Å². The zero-order chi connectivity index (χ0) is 105. The molecule has 0 fully saturated rings. The van der Waals surface area contributed by atoms with Crippen LogP contribution in [0.2, 0.25) is 0 Å². The van der Waals surface area contributed by atoms with Gasteiger partial charge in [-0.3, -0.25) is 62.3 Å². The van der Waals surface area contributed by atoms with Crippen LogP contribution in [0, 0.1) is 0 Å². The van der Waals surface area contributed by atoms with Crippen molar-refractivity contribution >= 4 is 87.7 Å². The Balaban J connectivity index is 0.995. The van der Waals surface area contributed by atoms with Crippen LogP contribution in [0.3, 0.4) is 0 Å². The first-order chi connectivity index (χ1) is 70.0. The van der Waals surface area contributed by atoms with Crippen LogP contribution >= 0.6 is 0 Å². The summed E-state index contributed by atoms with van der Waals surface area (Å²) in [5.41, 5.74) is 42.9. The van der Waals surface area contributed by atoms with Gasteiger partial charge in [0.25, 0.3) is 0 Å². The van der Waals surface area contributed by atoms with Crippen LogP contribution in [0.5, 0.6) is 0 Å². The maximum Gasteiger partial charge on any atom is 0.243 e. The molecule has 0 aliphatic carbocycles. The molecule has 14 N–H and O–H groups in total. The van der Waals surface area contributed by atoms with E-state index in [-0.39, 0.29) is 77.9 Å². The Hall–Kier alpha value is -13.8. The van der Waals surface area contributed by atoms with E-state index in [1.807, 2.05) is 128 Å². The van der Waals surface area contributed by atoms with Gasteiger partial charge in [0.05, 0.1) is 88.1 Å². The minimum Gasteiger partial charge on any atom is -0.368 e. The van der Waals surface area contributed by atoms with Gasteiger partial charge in [0.2, 0.25) is 76.8 Å². The van der Waals surface area contributed by atoms with Crippen LogP contribution in [0.25, 0.3) is 10.9 Å². The first-order valence-corrected chi connectivity index (χ1v) is 50.8. The number of unbranched alkanes of at least 4 members (excludes halogenated alkanes) is 5. The number of benzene rings is 8. The first-order valence-electron chi connectivity index (χ1n) is 50.8. The summed E-state index contributed by atoms with van der Waals surface area (Å²) in [6, 6.07) is 66.0. The fraction of sp³-hybridized carbons (Fsp3) is 0.438. The summed E-state index contributed by atoms with van der Waals surface area (Å²) in [5.74, 6) is -8.02. The van der Waals surface area contributed by atoms with Gasteiger partial charge in [-0.15, -0.1) is 0 Å². The lowest BCUT2D eigenvalue weighted by atomic mass is 10.0. The zero-order valence-electron chi connectivity index (χ0n) is 85.5. The normalized spacial score (nSPS) is 12.6. The van der Waals surface area contributed by atoms with E-state index >= 15 is 47.9 Å². The van der Waals surface area contributed by atoms with E-state index in [1.54, 1.807) is 163 Å². The molecule has 778 valence electrons. The summed E-state index contributed by atoms with van der Waals surface area (Å²) in [4.78, 5) is 219. The quantitative estimate of drug-likeness (QED) is 0.0164. The second kappa shape index (κ2) is 60.7. The van der Waals surface area contributed by atoms with Crippen LogP contribution in [0.1, 0.15) is 199 Å². The molecule has 9 aromatic rings. The molecule has 0 saturated carbocycles. The summed E-state index contributed by atoms with van der Waals surface area (Å²) in [6.07, 6.45) is 6.69. The number of rotatable bonds is 63. The summed E-state index contributed by atoms with van der Waals surface area (Å²) >= 11 is 0. The van der Waals surface area contributed by atoms with Gasteiger partial charge in [-0.1, -0.05) is 231 Å². The van der Waals surface area contributed by atoms with Gasteiger partial charge >= 0.3 is 0 Å². The molecule has 33 heteroatoms. The van der Waals surface area contributed by atoms with E-state index in [0.29, 0.717) is 112 Å². The van der Waals surface area contributed by atoms with Crippen LogP contribution in [-0.4, -0.2) is 298 Å². The lowest BCUT2D eigenvalue weighted by Gasteiger charge is -2.38. The Morgan fingerprint density at radius 2 is 0.448 bits per heavy atom. The van der Waals surface area contributed by atoms with E-state index in [1.165, 1.54) is 58.8 Å². The standard InChI is InChI=1S/C112H152N20O13/c1-83(90-41-15-8-16-42-90)126(71-100(118)133)107(140)73-123(66-38-33-60-115)105(138)79-129(86(4)93-47-21-11-22-48-93)111(144)81-132(89(7)96-53-27-14-28-54-96)110(143)76-125(68-40-35-62-117)106(139)80-130(87(5)94-49-23-12-24-50-94)112(145)82-131(88(6)95-51-25-13-26-52-95)109(142)75-124(67-39-34-61-116)104(137)78-128(85(3)92-45-19-10-20-46-92)108(141)74-122(65-37-32-59-114)102(135)72-121(64-36-31-58-113)103(136)77-127(84(2)91-43-17-9-18-44-91)101(134)70-119-63-57-97-69-120-99-56-30-29-55-98(97)99/h8-30,41-56,69,83-89,119-120H,31-40,57-68,70-82,113-117H2,1-7H3,(H2,118,133)/t83-,84-,85-,86-,87-,88-,89-/m0/s1. The number of para-hydroxylation sites is 1. The average Bonchev–Trinajstić information content (AvgIpc) is 0.872. The Morgan fingerprint density at radius 1 is 0.248 bits per heavy atom. The number of carbonyl (C=O) groups is 13. The van der Waals surface area contributed by atoms with E-state index < -0.39 is 185 Å². The monoisotopic (exact) mass is 1990 g/mol. The average molecular weight is 1990 g/mol. The smallest absolute Gasteiger partial charge is 0.243 e. The molecule has 145 heavy (non-hydrogen) atoms. The molecule has 0 bridgehead atoms. The number of nitrogens with two attached hydrogens (primary N) is 6. The van der Waals surface area contributed by atoms with Crippen LogP contribution < -0.4 is 39.7 Å². The highest BCUT2D eigenvalue weighted by atomic mass is 16.2. The fourth-order valence-corrected chi connectivity index (χ4v) is 17.9. The summed E-state index contributed by atoms with van der Waals surface area (Å²) in [7, 11) is 0. The van der Waals surface area contributed by atoms with Gasteiger partial charge in [-0.2, -0.15) is 0 Å². The number of aromatic nitrogens is 1. The predicted molar refractivity (Wildman–Crippen MR) is 564 cm³/mol. The van der Waals surface area contributed by atoms with Crippen molar-refractivity contribution in [3.63, 3.8) is 0 Å². The van der Waals surface area contributed by atoms with Crippen molar-refractivity contribution in [3.05, 3.63) is 287 Å². The summed E-state index contributed by atoms with van der Waals surface area (Å²) in [5, 5.41) is 4.38. The van der Waals surface area contributed by atoms with Gasteiger partial charge in [0, 0.05) is 49.8 Å². The number of amides is 13. The number of hydrogen-bond acceptors (Lipinski definition) is 19. The van der Waals surface area contributed by atoms with Crippen LogP contribution in [0.15, 0.2) is 243 Å². The minimum absolute atomic E-state index is 0.0303. The maximum atomic E-state index is 16.1. The number of nitrogens with zero attached hydrogens (tertiary/aromatic N) is 12. The molecule has 33 nitrogen and oxygen atoms in total. The number of hydrogen-bond donors (Lipinski definition) is 8. The number of H-pyrrole nitrogens is 1. The van der Waals surface area contributed by atoms with E-state index in [2.05, 4.69) is 10.3 Å². The van der Waals surface area contributed by atoms with E-state index in [9.17, 15) is 14.4 Å². The van der Waals surface area contributed by atoms with Crippen LogP contribution in [-0.2, 0) is 68.7 Å². The SMILES string of the molecule is C[C@@H](c1ccccc1)N(CC(N)=O)C(=O)CN(CCCCN)C(=O)CN(C(=O)CN(C(=O)CN(CCCCN)C(=O)CN(C(=O)CN(C(=O)CN(CCCCN)C(=O)CN(C(=O)CN(CCCCN)C(=O)CN(CCCCN)C(=O)CN(C(=O)CNCCc1c[nH]c2ccccc12)[C@@H](C)c1ccccc1)[C@@H](C)c1ccccc1)[C@@H](C)c1ccccc1)[C@@H](C)c1ccccc1)[C@@H](C)c1ccccc1)[C@@H](C)c1ccccc1. The van der Waals surface area contributed by atoms with Gasteiger partial charge in [0.15, 0.2) is 0 Å². The topological polar surface area (TPSA) is 445 Å². The Bertz CT molecular complexity index is 5550. The molecular formula is C112H152N20O13. The molecule has 0 aliphatic rings. The minimum atomic E-state index is -0.875. The third-order valence-electron chi connectivity index (χ3n) is 27.0. The second-order valence-corrected chi connectivity index (χ2v) is 37.1. The summed E-state index contributed by atoms with van der Waals surface area (Å²) < 4.78 is 0. The zero-order valence-corrected chi connectivity index (χ0v) is 85.5. The molecule has 0 radical (unpaired) electrons. The molecule has 0 aliphatic heterocycles. The van der Waals surface area contributed by atoms with Crippen molar-refractivity contribution in [1.82, 2.24) is 69.1 Å². The Kier molecular flexibility index (Phi) is 48.0. The molecule has 8 aromatic carbocycles. The molecule has 0 unspecified atom stereocenters. The highest BCUT2D eigenvalue weighted by Crippen LogP contribution is 2.31. The lowest BCUT2D eigenvalue weighted by molar-refractivity contribution is -0.152. The molecule has 7 atom stereocenters. The third kappa shape index (κ3) is 35.3. The maximum absolute atomic E-state index is 16.1. The number of carbonyl (C=O) groups excluding carboxylic acids is 13. The highest BCUT2D eigenvalue weighted by molar-refractivity contribution is 5.96. The molecule has 0 spiro atoms. The molecule has 0 saturated heterocycles. The van der Waals surface area contributed by atoms with Gasteiger partial charge in [0.1, 0.15) is 39.3 Å². The molecule has 1 aromatic heterocycles. The highest BCUT2D eigenvalue weighted by Gasteiger charge is 2.40. The van der Waals surface area contributed by atoms with Crippen molar-refractivity contribution in [3.8, 4) is 0 Å². The molecule has 1 heterocycles. The Morgan fingerprint density at radius 3 is 0.690 bits per heavy atom. The lowest BCUT2D eigenvalue weighted by Crippen LogP contribution is -2.54. The number of nitrogens with one attached hydrogen (secondary N) is 2. The van der Waals surface area contributed by atoms with Gasteiger partial charge < -0.3 is 104 Å². The molecule has 13 amide bonds. The summed E-state index contributed by atoms with van der Waals surface area (Å²) in [6.45, 7) is 7.54. The van der Waals surface area contributed by atoms with Crippen molar-refractivity contribution in [2.24, 2.45) is 34.4 Å². The van der Waals surface area contributed by atoms with Crippen molar-refractivity contribution in [2.45, 2.75) is 161 Å². The van der Waals surface area contributed by atoms with Crippen molar-refractivity contribution in [2.75, 3.05) is 157 Å². The van der Waals surface area contributed by atoms with Crippen molar-refractivity contribution < 1.29 is 62.3 Å². The fourth-order valence-electron chi connectivity index (χ4n) is 17.9. The second-order valence-electron chi connectivity index (χ2n) is 37.1. The number of aromatic amines is 1. The van der Waals surface area contributed by atoms with Crippen LogP contribution in [0.4, 0.5) is 0 Å². The first kappa shape index (κ1) is 115. The van der Waals surface area contributed by atoms with Gasteiger partial charge in [-0.05, 0) is 209 Å². The van der Waals surface area contributed by atoms with E-state index in [4.69, 9.17) is 34.4 Å². The number of fused-ring (bicyclic) bond motifs is 1. The third-order valence-corrected chi connectivity index (χ3v) is 27.0. The predicted octanol–water partition coefficient (Wildman–Crippen LogP) is 9.75. The van der Waals surface area contributed by atoms with Crippen molar-refractivity contribution in [1.29, 1.82) is 0 Å². The Labute approximate surface area is 854 Å². The largest absolute Gasteiger partial charge is 0.368 e. The number of primary amides is 1.